The molecular formula is C20H17N5O2. The second-order valence-electron chi connectivity index (χ2n) is 5.66. The lowest BCUT2D eigenvalue weighted by atomic mass is 10.3. The van der Waals surface area contributed by atoms with Crippen LogP contribution in [0.1, 0.15) is 5.76 Å². The average molecular weight is 359 g/mol. The van der Waals surface area contributed by atoms with Crippen molar-refractivity contribution < 1.29 is 9.15 Å². The fourth-order valence-electron chi connectivity index (χ4n) is 2.40. The summed E-state index contributed by atoms with van der Waals surface area (Å²) in [5.74, 6) is 3.36. The van der Waals surface area contributed by atoms with E-state index in [2.05, 4.69) is 25.8 Å². The van der Waals surface area contributed by atoms with Gasteiger partial charge in [0.2, 0.25) is 5.95 Å². The van der Waals surface area contributed by atoms with Gasteiger partial charge in [0.1, 0.15) is 17.3 Å². The Bertz CT molecular complexity index is 973. The molecule has 4 aromatic rings. The summed E-state index contributed by atoms with van der Waals surface area (Å²) in [7, 11) is 0. The summed E-state index contributed by atoms with van der Waals surface area (Å²) in [5, 5.41) is 14.2. The van der Waals surface area contributed by atoms with E-state index in [1.165, 1.54) is 0 Å². The van der Waals surface area contributed by atoms with E-state index < -0.39 is 0 Å². The predicted molar refractivity (Wildman–Crippen MR) is 102 cm³/mol. The van der Waals surface area contributed by atoms with Gasteiger partial charge in [0.25, 0.3) is 0 Å². The summed E-state index contributed by atoms with van der Waals surface area (Å²) >= 11 is 0. The molecule has 0 bridgehead atoms. The topological polar surface area (TPSA) is 85.1 Å². The van der Waals surface area contributed by atoms with Crippen molar-refractivity contribution in [3.05, 3.63) is 85.0 Å². The molecule has 0 amide bonds. The van der Waals surface area contributed by atoms with E-state index in [9.17, 15) is 0 Å². The minimum atomic E-state index is 0.417. The number of aromatic nitrogens is 3. The highest BCUT2D eigenvalue weighted by molar-refractivity contribution is 5.57. The minimum Gasteiger partial charge on any atom is -0.467 e. The Morgan fingerprint density at radius 3 is 2.48 bits per heavy atom. The lowest BCUT2D eigenvalue weighted by molar-refractivity contribution is 0.483. The Balaban J connectivity index is 1.38. The molecule has 2 aromatic carbocycles. The quantitative estimate of drug-likeness (QED) is 0.498. The number of benzene rings is 2. The van der Waals surface area contributed by atoms with Crippen LogP contribution in [0.5, 0.6) is 11.5 Å². The fraction of sp³-hybridized carbons (Fsp3) is 0.0500. The largest absolute Gasteiger partial charge is 0.467 e. The molecule has 0 radical (unpaired) electrons. The smallest absolute Gasteiger partial charge is 0.245 e. The molecule has 4 rings (SSSR count). The maximum absolute atomic E-state index is 5.79. The fourth-order valence-corrected chi connectivity index (χ4v) is 2.40. The SMILES string of the molecule is c1ccc(Oc2ccc(Nc3cnnc(NCc4ccco4)n3)cc2)cc1. The Morgan fingerprint density at radius 2 is 1.70 bits per heavy atom. The van der Waals surface area contributed by atoms with Crippen LogP contribution < -0.4 is 15.4 Å². The number of anilines is 3. The summed E-state index contributed by atoms with van der Waals surface area (Å²) in [5.41, 5.74) is 0.868. The molecule has 7 heteroatoms. The number of furan rings is 1. The van der Waals surface area contributed by atoms with E-state index in [1.807, 2.05) is 66.7 Å². The number of ether oxygens (including phenoxy) is 1. The van der Waals surface area contributed by atoms with Crippen LogP contribution in [0.25, 0.3) is 0 Å². The molecule has 0 aliphatic heterocycles. The summed E-state index contributed by atoms with van der Waals surface area (Å²) in [6.45, 7) is 0.490. The zero-order valence-corrected chi connectivity index (χ0v) is 14.4. The first-order valence-corrected chi connectivity index (χ1v) is 8.41. The highest BCUT2D eigenvalue weighted by Gasteiger charge is 2.03. The monoisotopic (exact) mass is 359 g/mol. The maximum atomic E-state index is 5.79. The third-order valence-corrected chi connectivity index (χ3v) is 3.67. The highest BCUT2D eigenvalue weighted by Crippen LogP contribution is 2.23. The first-order valence-electron chi connectivity index (χ1n) is 8.41. The van der Waals surface area contributed by atoms with Gasteiger partial charge in [-0.3, -0.25) is 0 Å². The van der Waals surface area contributed by atoms with Crippen molar-refractivity contribution in [2.45, 2.75) is 6.54 Å². The molecule has 0 fully saturated rings. The molecule has 2 aromatic heterocycles. The molecule has 27 heavy (non-hydrogen) atoms. The van der Waals surface area contributed by atoms with Crippen LogP contribution in [0.15, 0.2) is 83.6 Å². The maximum Gasteiger partial charge on any atom is 0.245 e. The van der Waals surface area contributed by atoms with Gasteiger partial charge in [-0.05, 0) is 48.5 Å². The molecule has 0 unspecified atom stereocenters. The standard InChI is InChI=1S/C20H17N5O2/c1-2-5-16(6-3-1)27-17-10-8-15(9-11-17)23-19-14-22-25-20(24-19)21-13-18-7-4-12-26-18/h1-12,14H,13H2,(H2,21,23,24,25). The summed E-state index contributed by atoms with van der Waals surface area (Å²) < 4.78 is 11.1. The number of rotatable bonds is 7. The van der Waals surface area contributed by atoms with Crippen LogP contribution in [0.3, 0.4) is 0 Å². The predicted octanol–water partition coefficient (Wildman–Crippen LogP) is 4.61. The van der Waals surface area contributed by atoms with Crippen LogP contribution in [0, 0.1) is 0 Å². The Morgan fingerprint density at radius 1 is 0.889 bits per heavy atom. The summed E-state index contributed by atoms with van der Waals surface area (Å²) in [4.78, 5) is 4.39. The average Bonchev–Trinajstić information content (AvgIpc) is 3.23. The van der Waals surface area contributed by atoms with Crippen molar-refractivity contribution >= 4 is 17.5 Å². The third-order valence-electron chi connectivity index (χ3n) is 3.67. The first kappa shape index (κ1) is 16.6. The van der Waals surface area contributed by atoms with Gasteiger partial charge in [0.05, 0.1) is 19.0 Å². The van der Waals surface area contributed by atoms with E-state index in [-0.39, 0.29) is 0 Å². The summed E-state index contributed by atoms with van der Waals surface area (Å²) in [6, 6.07) is 21.0. The Hall–Kier alpha value is -3.87. The van der Waals surface area contributed by atoms with E-state index in [4.69, 9.17) is 9.15 Å². The Kier molecular flexibility index (Phi) is 4.92. The number of hydrogen-bond donors (Lipinski definition) is 2. The second kappa shape index (κ2) is 8.01. The van der Waals surface area contributed by atoms with Crippen LogP contribution >= 0.6 is 0 Å². The number of para-hydroxylation sites is 1. The lowest BCUT2D eigenvalue weighted by Crippen LogP contribution is -2.05. The number of nitrogens with zero attached hydrogens (tertiary/aromatic N) is 3. The van der Waals surface area contributed by atoms with Gasteiger partial charge in [0.15, 0.2) is 5.82 Å². The zero-order chi connectivity index (χ0) is 18.3. The van der Waals surface area contributed by atoms with Crippen molar-refractivity contribution in [1.29, 1.82) is 0 Å². The minimum absolute atomic E-state index is 0.417. The molecule has 0 saturated carbocycles. The second-order valence-corrected chi connectivity index (χ2v) is 5.66. The molecule has 2 heterocycles. The van der Waals surface area contributed by atoms with Crippen LogP contribution in [0.2, 0.25) is 0 Å². The molecular weight excluding hydrogens is 342 g/mol. The van der Waals surface area contributed by atoms with Crippen molar-refractivity contribution in [1.82, 2.24) is 15.2 Å². The molecule has 7 nitrogen and oxygen atoms in total. The third kappa shape index (κ3) is 4.60. The first-order chi connectivity index (χ1) is 13.3. The van der Waals surface area contributed by atoms with Crippen molar-refractivity contribution in [3.8, 4) is 11.5 Å². The van der Waals surface area contributed by atoms with Gasteiger partial charge in [-0.25, -0.2) is 0 Å². The highest BCUT2D eigenvalue weighted by atomic mass is 16.5. The van der Waals surface area contributed by atoms with Gasteiger partial charge >= 0.3 is 0 Å². The van der Waals surface area contributed by atoms with Gasteiger partial charge in [-0.2, -0.15) is 10.1 Å². The van der Waals surface area contributed by atoms with E-state index in [0.717, 1.165) is 22.9 Å². The normalized spacial score (nSPS) is 10.4. The molecule has 134 valence electrons. The molecule has 0 spiro atoms. The Labute approximate surface area is 156 Å². The lowest BCUT2D eigenvalue weighted by Gasteiger charge is -2.09. The molecule has 0 aliphatic rings. The van der Waals surface area contributed by atoms with Gasteiger partial charge in [-0.1, -0.05) is 18.2 Å². The van der Waals surface area contributed by atoms with Crippen LogP contribution in [-0.4, -0.2) is 15.2 Å². The zero-order valence-electron chi connectivity index (χ0n) is 14.4. The number of hydrogen-bond acceptors (Lipinski definition) is 7. The molecule has 0 saturated heterocycles. The number of nitrogens with one attached hydrogen (secondary N) is 2. The molecule has 0 aliphatic carbocycles. The van der Waals surface area contributed by atoms with Gasteiger partial charge < -0.3 is 19.8 Å². The van der Waals surface area contributed by atoms with Crippen LogP contribution in [0.4, 0.5) is 17.5 Å². The summed E-state index contributed by atoms with van der Waals surface area (Å²) in [6.07, 6.45) is 3.19. The molecule has 2 N–H and O–H groups in total. The van der Waals surface area contributed by atoms with Crippen molar-refractivity contribution in [2.24, 2.45) is 0 Å². The van der Waals surface area contributed by atoms with Gasteiger partial charge in [0, 0.05) is 5.69 Å². The van der Waals surface area contributed by atoms with Gasteiger partial charge in [-0.15, -0.1) is 5.10 Å². The van der Waals surface area contributed by atoms with E-state index in [1.54, 1.807) is 12.5 Å². The van der Waals surface area contributed by atoms with E-state index >= 15 is 0 Å². The van der Waals surface area contributed by atoms with Crippen molar-refractivity contribution in [3.63, 3.8) is 0 Å². The molecule has 0 atom stereocenters. The van der Waals surface area contributed by atoms with E-state index in [0.29, 0.717) is 18.3 Å². The van der Waals surface area contributed by atoms with Crippen LogP contribution in [-0.2, 0) is 6.54 Å². The van der Waals surface area contributed by atoms with Crippen molar-refractivity contribution in [2.75, 3.05) is 10.6 Å².